The van der Waals surface area contributed by atoms with E-state index in [9.17, 15) is 0 Å². The van der Waals surface area contributed by atoms with Gasteiger partial charge in [-0.3, -0.25) is 0 Å². The maximum Gasteiger partial charge on any atom is 0.0325 e. The highest BCUT2D eigenvalue weighted by Gasteiger charge is 2.13. The molecular formula is C13H22N2S. The smallest absolute Gasteiger partial charge is 0.0325 e. The third-order valence-corrected chi connectivity index (χ3v) is 4.15. The Balaban J connectivity index is 1.58. The van der Waals surface area contributed by atoms with E-state index in [-0.39, 0.29) is 0 Å². The van der Waals surface area contributed by atoms with Crippen LogP contribution < -0.4 is 5.32 Å². The first-order valence-electron chi connectivity index (χ1n) is 6.29. The molecule has 16 heavy (non-hydrogen) atoms. The standard InChI is InChI=1S/C13H22N2S/c1-15(11-13-7-4-10-16-13)9-8-14-12-5-2-3-6-12/h4,7,10,12,14H,2-3,5-6,8-9,11H2,1H3. The van der Waals surface area contributed by atoms with Crippen molar-refractivity contribution in [1.82, 2.24) is 10.2 Å². The minimum Gasteiger partial charge on any atom is -0.313 e. The predicted molar refractivity (Wildman–Crippen MR) is 70.9 cm³/mol. The van der Waals surface area contributed by atoms with E-state index in [2.05, 4.69) is 34.8 Å². The zero-order valence-electron chi connectivity index (χ0n) is 10.1. The monoisotopic (exact) mass is 238 g/mol. The molecule has 0 radical (unpaired) electrons. The Hall–Kier alpha value is -0.380. The Morgan fingerprint density at radius 1 is 1.44 bits per heavy atom. The van der Waals surface area contributed by atoms with Crippen LogP contribution in [0.15, 0.2) is 17.5 Å². The summed E-state index contributed by atoms with van der Waals surface area (Å²) in [5.74, 6) is 0. The summed E-state index contributed by atoms with van der Waals surface area (Å²) in [6.07, 6.45) is 5.61. The van der Waals surface area contributed by atoms with Crippen molar-refractivity contribution in [3.63, 3.8) is 0 Å². The van der Waals surface area contributed by atoms with Crippen LogP contribution in [-0.4, -0.2) is 31.1 Å². The zero-order valence-corrected chi connectivity index (χ0v) is 10.9. The van der Waals surface area contributed by atoms with E-state index >= 15 is 0 Å². The van der Waals surface area contributed by atoms with Gasteiger partial charge in [-0.05, 0) is 31.3 Å². The average Bonchev–Trinajstić information content (AvgIpc) is 2.90. The van der Waals surface area contributed by atoms with Crippen LogP contribution in [0, 0.1) is 0 Å². The molecule has 1 aliphatic rings. The molecule has 0 saturated heterocycles. The number of likely N-dealkylation sites (N-methyl/N-ethyl adjacent to an activating group) is 1. The molecule has 0 aliphatic heterocycles. The van der Waals surface area contributed by atoms with E-state index in [0.29, 0.717) is 0 Å². The van der Waals surface area contributed by atoms with Crippen LogP contribution >= 0.6 is 11.3 Å². The van der Waals surface area contributed by atoms with Crippen molar-refractivity contribution >= 4 is 11.3 Å². The lowest BCUT2D eigenvalue weighted by atomic mass is 10.2. The second-order valence-corrected chi connectivity index (χ2v) is 5.78. The normalized spacial score (nSPS) is 17.4. The molecule has 0 atom stereocenters. The molecule has 0 amide bonds. The van der Waals surface area contributed by atoms with Gasteiger partial charge in [-0.2, -0.15) is 0 Å². The summed E-state index contributed by atoms with van der Waals surface area (Å²) in [5, 5.41) is 5.81. The average molecular weight is 238 g/mol. The van der Waals surface area contributed by atoms with Crippen LogP contribution in [0.3, 0.4) is 0 Å². The molecule has 2 rings (SSSR count). The van der Waals surface area contributed by atoms with Gasteiger partial charge in [0, 0.05) is 30.6 Å². The van der Waals surface area contributed by atoms with Gasteiger partial charge in [0.1, 0.15) is 0 Å². The van der Waals surface area contributed by atoms with Crippen molar-refractivity contribution in [2.45, 2.75) is 38.3 Å². The van der Waals surface area contributed by atoms with Gasteiger partial charge in [0.25, 0.3) is 0 Å². The molecule has 2 nitrogen and oxygen atoms in total. The van der Waals surface area contributed by atoms with Crippen molar-refractivity contribution < 1.29 is 0 Å². The van der Waals surface area contributed by atoms with Gasteiger partial charge in [-0.25, -0.2) is 0 Å². The fraction of sp³-hybridized carbons (Fsp3) is 0.692. The second kappa shape index (κ2) is 6.38. The number of nitrogens with one attached hydrogen (secondary N) is 1. The summed E-state index contributed by atoms with van der Waals surface area (Å²) in [5.41, 5.74) is 0. The Morgan fingerprint density at radius 2 is 2.25 bits per heavy atom. The number of nitrogens with zero attached hydrogens (tertiary/aromatic N) is 1. The third kappa shape index (κ3) is 3.89. The van der Waals surface area contributed by atoms with Crippen molar-refractivity contribution in [3.05, 3.63) is 22.4 Å². The lowest BCUT2D eigenvalue weighted by molar-refractivity contribution is 0.319. The number of rotatable bonds is 6. The molecule has 1 aromatic heterocycles. The summed E-state index contributed by atoms with van der Waals surface area (Å²) in [7, 11) is 2.20. The number of thiophene rings is 1. The Morgan fingerprint density at radius 3 is 2.94 bits per heavy atom. The maximum atomic E-state index is 3.65. The van der Waals surface area contributed by atoms with Gasteiger partial charge in [0.2, 0.25) is 0 Å². The SMILES string of the molecule is CN(CCNC1CCCC1)Cc1cccs1. The van der Waals surface area contributed by atoms with Crippen LogP contribution in [0.1, 0.15) is 30.6 Å². The minimum absolute atomic E-state index is 0.801. The van der Waals surface area contributed by atoms with E-state index in [1.165, 1.54) is 30.6 Å². The van der Waals surface area contributed by atoms with Gasteiger partial charge >= 0.3 is 0 Å². The third-order valence-electron chi connectivity index (χ3n) is 3.29. The molecule has 1 aliphatic carbocycles. The molecule has 1 N–H and O–H groups in total. The van der Waals surface area contributed by atoms with Crippen molar-refractivity contribution in [2.75, 3.05) is 20.1 Å². The van der Waals surface area contributed by atoms with E-state index < -0.39 is 0 Å². The van der Waals surface area contributed by atoms with Gasteiger partial charge in [-0.1, -0.05) is 18.9 Å². The fourth-order valence-corrected chi connectivity index (χ4v) is 3.12. The van der Waals surface area contributed by atoms with Crippen molar-refractivity contribution in [1.29, 1.82) is 0 Å². The zero-order chi connectivity index (χ0) is 11.2. The van der Waals surface area contributed by atoms with Gasteiger partial charge < -0.3 is 10.2 Å². The predicted octanol–water partition coefficient (Wildman–Crippen LogP) is 2.71. The van der Waals surface area contributed by atoms with Crippen LogP contribution in [0.5, 0.6) is 0 Å². The second-order valence-electron chi connectivity index (χ2n) is 4.75. The van der Waals surface area contributed by atoms with E-state index in [0.717, 1.165) is 25.7 Å². The van der Waals surface area contributed by atoms with Crippen LogP contribution in [0.4, 0.5) is 0 Å². The lowest BCUT2D eigenvalue weighted by Crippen LogP contribution is -2.34. The highest BCUT2D eigenvalue weighted by molar-refractivity contribution is 7.09. The summed E-state index contributed by atoms with van der Waals surface area (Å²) >= 11 is 1.85. The van der Waals surface area contributed by atoms with Crippen LogP contribution in [0.25, 0.3) is 0 Å². The molecule has 3 heteroatoms. The summed E-state index contributed by atoms with van der Waals surface area (Å²) in [6.45, 7) is 3.37. The first-order valence-corrected chi connectivity index (χ1v) is 7.17. The topological polar surface area (TPSA) is 15.3 Å². The minimum atomic E-state index is 0.801. The molecule has 1 saturated carbocycles. The Kier molecular flexibility index (Phi) is 4.82. The van der Waals surface area contributed by atoms with Gasteiger partial charge in [0.15, 0.2) is 0 Å². The molecule has 0 aromatic carbocycles. The molecule has 90 valence electrons. The largest absolute Gasteiger partial charge is 0.313 e. The van der Waals surface area contributed by atoms with E-state index in [1.807, 2.05) is 11.3 Å². The molecule has 1 aromatic rings. The quantitative estimate of drug-likeness (QED) is 0.820. The first-order chi connectivity index (χ1) is 7.84. The summed E-state index contributed by atoms with van der Waals surface area (Å²) in [4.78, 5) is 3.86. The molecule has 0 bridgehead atoms. The Labute approximate surface area is 103 Å². The van der Waals surface area contributed by atoms with Gasteiger partial charge in [-0.15, -0.1) is 11.3 Å². The van der Waals surface area contributed by atoms with Crippen molar-refractivity contribution in [3.8, 4) is 0 Å². The number of hydrogen-bond donors (Lipinski definition) is 1. The van der Waals surface area contributed by atoms with Crippen LogP contribution in [0.2, 0.25) is 0 Å². The Bertz CT molecular complexity index is 278. The molecule has 1 fully saturated rings. The molecule has 0 unspecified atom stereocenters. The lowest BCUT2D eigenvalue weighted by Gasteiger charge is -2.18. The van der Waals surface area contributed by atoms with Crippen molar-refractivity contribution in [2.24, 2.45) is 0 Å². The molecule has 0 spiro atoms. The number of hydrogen-bond acceptors (Lipinski definition) is 3. The van der Waals surface area contributed by atoms with Crippen LogP contribution in [-0.2, 0) is 6.54 Å². The van der Waals surface area contributed by atoms with E-state index in [4.69, 9.17) is 0 Å². The fourth-order valence-electron chi connectivity index (χ4n) is 2.34. The maximum absolute atomic E-state index is 3.65. The van der Waals surface area contributed by atoms with Gasteiger partial charge in [0.05, 0.1) is 0 Å². The highest BCUT2D eigenvalue weighted by atomic mass is 32.1. The molecular weight excluding hydrogens is 216 g/mol. The first kappa shape index (κ1) is 12.1. The summed E-state index contributed by atoms with van der Waals surface area (Å²) in [6, 6.07) is 5.14. The summed E-state index contributed by atoms with van der Waals surface area (Å²) < 4.78 is 0. The highest BCUT2D eigenvalue weighted by Crippen LogP contribution is 2.17. The van der Waals surface area contributed by atoms with E-state index in [1.54, 1.807) is 0 Å². The molecule has 1 heterocycles.